The van der Waals surface area contributed by atoms with Crippen molar-refractivity contribution in [2.75, 3.05) is 18.0 Å². The molecule has 0 spiro atoms. The third-order valence-corrected chi connectivity index (χ3v) is 4.76. The molecule has 6 heteroatoms. The summed E-state index contributed by atoms with van der Waals surface area (Å²) in [4.78, 5) is 15.3. The Labute approximate surface area is 133 Å². The number of halogens is 3. The fourth-order valence-corrected chi connectivity index (χ4v) is 3.64. The van der Waals surface area contributed by atoms with Gasteiger partial charge in [0.25, 0.3) is 5.92 Å². The summed E-state index contributed by atoms with van der Waals surface area (Å²) in [5.41, 5.74) is 0.716. The van der Waals surface area contributed by atoms with Crippen molar-refractivity contribution in [1.29, 1.82) is 0 Å². The van der Waals surface area contributed by atoms with Crippen LogP contribution in [0.15, 0.2) is 24.3 Å². The third-order valence-electron chi connectivity index (χ3n) is 4.51. The number of benzene rings is 1. The normalized spacial score (nSPS) is 28.3. The summed E-state index contributed by atoms with van der Waals surface area (Å²) in [6.45, 7) is 2.05. The number of alkyl halides is 2. The van der Waals surface area contributed by atoms with Gasteiger partial charge in [-0.05, 0) is 37.6 Å². The van der Waals surface area contributed by atoms with E-state index in [0.29, 0.717) is 23.7 Å². The lowest BCUT2D eigenvalue weighted by atomic mass is 9.99. The molecule has 120 valence electrons. The van der Waals surface area contributed by atoms with Gasteiger partial charge in [-0.3, -0.25) is 4.79 Å². The second-order valence-electron chi connectivity index (χ2n) is 6.26. The van der Waals surface area contributed by atoms with E-state index in [2.05, 4.69) is 0 Å². The molecule has 1 aromatic rings. The van der Waals surface area contributed by atoms with Gasteiger partial charge in [-0.25, -0.2) is 8.78 Å². The molecule has 0 bridgehead atoms. The first-order chi connectivity index (χ1) is 10.4. The second kappa shape index (κ2) is 5.69. The second-order valence-corrected chi connectivity index (χ2v) is 6.70. The average Bonchev–Trinajstić information content (AvgIpc) is 2.77. The number of carbonyl (C=O) groups is 1. The van der Waals surface area contributed by atoms with Gasteiger partial charge in [0.2, 0.25) is 5.91 Å². The summed E-state index contributed by atoms with van der Waals surface area (Å²) in [6, 6.07) is 6.49. The fraction of sp³-hybridized carbons (Fsp3) is 0.562. The molecule has 3 rings (SSSR count). The van der Waals surface area contributed by atoms with Crippen molar-refractivity contribution < 1.29 is 13.6 Å². The van der Waals surface area contributed by atoms with E-state index in [0.717, 1.165) is 6.42 Å². The lowest BCUT2D eigenvalue weighted by Crippen LogP contribution is -2.57. The Morgan fingerprint density at radius 1 is 1.27 bits per heavy atom. The van der Waals surface area contributed by atoms with Crippen molar-refractivity contribution in [2.24, 2.45) is 0 Å². The molecule has 1 amide bonds. The Morgan fingerprint density at radius 2 is 1.95 bits per heavy atom. The molecule has 0 N–H and O–H groups in total. The third kappa shape index (κ3) is 3.05. The number of hydrogen-bond acceptors (Lipinski definition) is 2. The maximum Gasteiger partial charge on any atom is 0.267 e. The highest BCUT2D eigenvalue weighted by Crippen LogP contribution is 2.35. The van der Waals surface area contributed by atoms with Gasteiger partial charge in [0.1, 0.15) is 0 Å². The summed E-state index contributed by atoms with van der Waals surface area (Å²) >= 11 is 5.86. The molecule has 2 fully saturated rings. The first kappa shape index (κ1) is 15.5. The topological polar surface area (TPSA) is 23.6 Å². The minimum absolute atomic E-state index is 0.00810. The summed E-state index contributed by atoms with van der Waals surface area (Å²) < 4.78 is 28.3. The van der Waals surface area contributed by atoms with Crippen LogP contribution in [0.4, 0.5) is 14.5 Å². The van der Waals surface area contributed by atoms with Gasteiger partial charge in [-0.1, -0.05) is 11.6 Å². The zero-order chi connectivity index (χ0) is 15.9. The maximum absolute atomic E-state index is 14.2. The number of rotatable bonds is 2. The Balaban J connectivity index is 1.84. The van der Waals surface area contributed by atoms with Crippen LogP contribution >= 0.6 is 11.6 Å². The van der Waals surface area contributed by atoms with Crippen LogP contribution in [0.2, 0.25) is 5.02 Å². The number of nitrogens with zero attached hydrogens (tertiary/aromatic N) is 2. The van der Waals surface area contributed by atoms with Crippen molar-refractivity contribution in [3.63, 3.8) is 0 Å². The van der Waals surface area contributed by atoms with Crippen LogP contribution < -0.4 is 4.90 Å². The Bertz CT molecular complexity index is 564. The van der Waals surface area contributed by atoms with Crippen molar-refractivity contribution in [3.05, 3.63) is 29.3 Å². The van der Waals surface area contributed by atoms with Gasteiger partial charge in [0.15, 0.2) is 0 Å². The van der Waals surface area contributed by atoms with Crippen LogP contribution in [0.3, 0.4) is 0 Å². The quantitative estimate of drug-likeness (QED) is 0.828. The number of hydrogen-bond donors (Lipinski definition) is 0. The van der Waals surface area contributed by atoms with Crippen molar-refractivity contribution in [1.82, 2.24) is 4.90 Å². The van der Waals surface area contributed by atoms with Crippen molar-refractivity contribution >= 4 is 23.2 Å². The number of likely N-dealkylation sites (tertiary alicyclic amines) is 1. The van der Waals surface area contributed by atoms with Gasteiger partial charge in [0.05, 0.1) is 12.6 Å². The molecule has 2 atom stereocenters. The number of carbonyl (C=O) groups excluding carboxylic acids is 1. The zero-order valence-corrected chi connectivity index (χ0v) is 13.2. The number of anilines is 1. The minimum atomic E-state index is -2.80. The first-order valence-electron chi connectivity index (χ1n) is 7.55. The smallest absolute Gasteiger partial charge is 0.267 e. The molecule has 1 aromatic carbocycles. The highest BCUT2D eigenvalue weighted by Gasteiger charge is 2.45. The largest absolute Gasteiger partial charge is 0.363 e. The fourth-order valence-electron chi connectivity index (χ4n) is 3.52. The van der Waals surface area contributed by atoms with Gasteiger partial charge >= 0.3 is 0 Å². The highest BCUT2D eigenvalue weighted by molar-refractivity contribution is 6.30. The summed E-state index contributed by atoms with van der Waals surface area (Å²) in [6.07, 6.45) is 0.958. The van der Waals surface area contributed by atoms with E-state index < -0.39 is 12.0 Å². The molecule has 2 aliphatic rings. The predicted octanol–water partition coefficient (Wildman–Crippen LogP) is 3.56. The van der Waals surface area contributed by atoms with Crippen LogP contribution in [0.25, 0.3) is 0 Å². The van der Waals surface area contributed by atoms with Gasteiger partial charge in [-0.15, -0.1) is 0 Å². The molecule has 2 saturated heterocycles. The van der Waals surface area contributed by atoms with Crippen molar-refractivity contribution in [2.45, 2.75) is 44.2 Å². The molecule has 1 unspecified atom stereocenters. The van der Waals surface area contributed by atoms with E-state index in [1.165, 1.54) is 0 Å². The summed E-state index contributed by atoms with van der Waals surface area (Å²) in [5.74, 6) is -2.81. The molecular formula is C16H19ClF2N2O. The molecule has 3 nitrogen and oxygen atoms in total. The molecule has 22 heavy (non-hydrogen) atoms. The van der Waals surface area contributed by atoms with E-state index in [9.17, 15) is 13.6 Å². The van der Waals surface area contributed by atoms with E-state index in [1.54, 1.807) is 34.1 Å². The van der Waals surface area contributed by atoms with E-state index in [4.69, 9.17) is 11.6 Å². The predicted molar refractivity (Wildman–Crippen MR) is 82.6 cm³/mol. The minimum Gasteiger partial charge on any atom is -0.363 e. The van der Waals surface area contributed by atoms with Gasteiger partial charge < -0.3 is 9.80 Å². The molecule has 0 saturated carbocycles. The molecule has 2 heterocycles. The van der Waals surface area contributed by atoms with E-state index in [-0.39, 0.29) is 24.9 Å². The average molecular weight is 329 g/mol. The zero-order valence-electron chi connectivity index (χ0n) is 12.4. The van der Waals surface area contributed by atoms with Crippen LogP contribution in [0.1, 0.15) is 26.2 Å². The lowest BCUT2D eigenvalue weighted by Gasteiger charge is -2.43. The van der Waals surface area contributed by atoms with E-state index in [1.807, 2.05) is 6.92 Å². The monoisotopic (exact) mass is 328 g/mol. The molecule has 0 radical (unpaired) electrons. The molecule has 0 aromatic heterocycles. The number of amides is 1. The van der Waals surface area contributed by atoms with Crippen LogP contribution in [0.5, 0.6) is 0 Å². The maximum atomic E-state index is 14.2. The van der Waals surface area contributed by atoms with Gasteiger partial charge in [0, 0.05) is 36.1 Å². The summed E-state index contributed by atoms with van der Waals surface area (Å²) in [7, 11) is 0. The Morgan fingerprint density at radius 3 is 2.55 bits per heavy atom. The first-order valence-corrected chi connectivity index (χ1v) is 7.93. The lowest BCUT2D eigenvalue weighted by molar-refractivity contribution is -0.133. The standard InChI is InChI=1S/C16H19ClF2N2O/c1-11-2-7-15(22)21(11)14-8-16(18,19)10-20(9-14)13-5-3-12(17)4-6-13/h3-6,11,14H,2,7-10H2,1H3/t11?,14-/m1/s1. The summed E-state index contributed by atoms with van der Waals surface area (Å²) in [5, 5.41) is 0.576. The Kier molecular flexibility index (Phi) is 4.02. The molecule has 0 aliphatic carbocycles. The van der Waals surface area contributed by atoms with Crippen molar-refractivity contribution in [3.8, 4) is 0 Å². The highest BCUT2D eigenvalue weighted by atomic mass is 35.5. The van der Waals surface area contributed by atoms with Gasteiger partial charge in [-0.2, -0.15) is 0 Å². The molecule has 2 aliphatic heterocycles. The van der Waals surface area contributed by atoms with Crippen LogP contribution in [-0.2, 0) is 4.79 Å². The molecular weight excluding hydrogens is 310 g/mol. The van der Waals surface area contributed by atoms with E-state index >= 15 is 0 Å². The van der Waals surface area contributed by atoms with Crippen LogP contribution in [-0.4, -0.2) is 41.9 Å². The van der Waals surface area contributed by atoms with Crippen LogP contribution in [0, 0.1) is 0 Å². The SMILES string of the molecule is CC1CCC(=O)N1[C@H]1CN(c2ccc(Cl)cc2)CC(F)(F)C1. The number of piperidine rings is 1. The Hall–Kier alpha value is -1.36.